The molecule has 0 radical (unpaired) electrons. The number of anilines is 6. The van der Waals surface area contributed by atoms with Gasteiger partial charge in [0.25, 0.3) is 0 Å². The summed E-state index contributed by atoms with van der Waals surface area (Å²) >= 11 is 1.77. The van der Waals surface area contributed by atoms with Crippen molar-refractivity contribution in [3.05, 3.63) is 200 Å². The number of thiazole rings is 1. The maximum absolute atomic E-state index is 5.42. The topological polar surface area (TPSA) is 19.4 Å². The van der Waals surface area contributed by atoms with Crippen molar-refractivity contribution in [3.63, 3.8) is 0 Å². The van der Waals surface area contributed by atoms with Gasteiger partial charge < -0.3 is 9.80 Å². The minimum absolute atomic E-state index is 1.01. The van der Waals surface area contributed by atoms with Crippen LogP contribution in [-0.2, 0) is 0 Å². The second kappa shape index (κ2) is 13.1. The Morgan fingerprint density at radius 3 is 1.57 bits per heavy atom. The molecule has 0 N–H and O–H groups in total. The normalized spacial score (nSPS) is 11.4. The fraction of sp³-hybridized carbons (Fsp3) is 0. The number of rotatable bonds is 7. The second-order valence-corrected chi connectivity index (χ2v) is 14.2. The minimum Gasteiger partial charge on any atom is -0.310 e. The average molecular weight is 696 g/mol. The molecule has 1 heterocycles. The summed E-state index contributed by atoms with van der Waals surface area (Å²) in [6.45, 7) is 0. The van der Waals surface area contributed by atoms with Gasteiger partial charge in [0.1, 0.15) is 5.01 Å². The van der Waals surface area contributed by atoms with Crippen LogP contribution in [0.5, 0.6) is 0 Å². The molecule has 10 rings (SSSR count). The van der Waals surface area contributed by atoms with Crippen LogP contribution in [-0.4, -0.2) is 4.98 Å². The molecule has 0 spiro atoms. The quantitative estimate of drug-likeness (QED) is 0.155. The Kier molecular flexibility index (Phi) is 7.67. The number of hydrogen-bond donors (Lipinski definition) is 0. The van der Waals surface area contributed by atoms with Crippen molar-refractivity contribution in [3.8, 4) is 10.6 Å². The Bertz CT molecular complexity index is 2860. The van der Waals surface area contributed by atoms with E-state index in [1.54, 1.807) is 11.3 Å². The number of hydrogen-bond acceptors (Lipinski definition) is 4. The van der Waals surface area contributed by atoms with Gasteiger partial charge in [-0.05, 0) is 94.3 Å². The smallest absolute Gasteiger partial charge is 0.124 e. The molecule has 0 saturated heterocycles. The van der Waals surface area contributed by atoms with Crippen LogP contribution >= 0.6 is 11.3 Å². The van der Waals surface area contributed by atoms with E-state index in [0.717, 1.165) is 55.6 Å². The minimum atomic E-state index is 1.01. The number of nitrogens with zero attached hydrogens (tertiary/aromatic N) is 3. The molecule has 0 bridgehead atoms. The fourth-order valence-corrected chi connectivity index (χ4v) is 8.66. The lowest BCUT2D eigenvalue weighted by atomic mass is 9.99. The van der Waals surface area contributed by atoms with Gasteiger partial charge in [-0.25, -0.2) is 4.98 Å². The average Bonchev–Trinajstić information content (AvgIpc) is 3.69. The van der Waals surface area contributed by atoms with Crippen molar-refractivity contribution >= 4 is 88.0 Å². The molecule has 250 valence electrons. The highest BCUT2D eigenvalue weighted by molar-refractivity contribution is 7.22. The van der Waals surface area contributed by atoms with Gasteiger partial charge in [0.2, 0.25) is 0 Å². The van der Waals surface area contributed by atoms with E-state index in [-0.39, 0.29) is 0 Å². The molecule has 0 atom stereocenters. The maximum Gasteiger partial charge on any atom is 0.124 e. The van der Waals surface area contributed by atoms with Gasteiger partial charge in [-0.3, -0.25) is 0 Å². The zero-order chi connectivity index (χ0) is 35.1. The van der Waals surface area contributed by atoms with E-state index in [1.807, 2.05) is 0 Å². The first kappa shape index (κ1) is 31.0. The van der Waals surface area contributed by atoms with Crippen LogP contribution in [0.1, 0.15) is 0 Å². The molecule has 0 amide bonds. The third-order valence-electron chi connectivity index (χ3n) is 9.99. The molecule has 0 saturated carbocycles. The summed E-state index contributed by atoms with van der Waals surface area (Å²) in [4.78, 5) is 10.1. The molecule has 0 fully saturated rings. The Morgan fingerprint density at radius 1 is 0.340 bits per heavy atom. The number of aromatic nitrogens is 1. The van der Waals surface area contributed by atoms with Gasteiger partial charge in [-0.2, -0.15) is 0 Å². The first-order valence-corrected chi connectivity index (χ1v) is 18.7. The highest BCUT2D eigenvalue weighted by atomic mass is 32.1. The highest BCUT2D eigenvalue weighted by Gasteiger charge is 2.19. The maximum atomic E-state index is 5.42. The monoisotopic (exact) mass is 695 g/mol. The van der Waals surface area contributed by atoms with Crippen molar-refractivity contribution in [2.45, 2.75) is 0 Å². The van der Waals surface area contributed by atoms with Gasteiger partial charge in [0.05, 0.1) is 10.2 Å². The molecule has 9 aromatic carbocycles. The van der Waals surface area contributed by atoms with Crippen molar-refractivity contribution < 1.29 is 0 Å². The van der Waals surface area contributed by atoms with Gasteiger partial charge >= 0.3 is 0 Å². The zero-order valence-electron chi connectivity index (χ0n) is 28.8. The van der Waals surface area contributed by atoms with E-state index in [0.29, 0.717) is 0 Å². The van der Waals surface area contributed by atoms with Crippen LogP contribution in [0.2, 0.25) is 0 Å². The van der Waals surface area contributed by atoms with Crippen molar-refractivity contribution in [2.75, 3.05) is 9.80 Å². The first-order chi connectivity index (χ1) is 26.3. The van der Waals surface area contributed by atoms with Crippen LogP contribution in [0, 0.1) is 0 Å². The number of benzene rings is 9. The molecule has 1 aromatic heterocycles. The number of para-hydroxylation sites is 3. The largest absolute Gasteiger partial charge is 0.310 e. The lowest BCUT2D eigenvalue weighted by Gasteiger charge is -2.26. The van der Waals surface area contributed by atoms with Crippen LogP contribution in [0.4, 0.5) is 34.1 Å². The fourth-order valence-electron chi connectivity index (χ4n) is 7.54. The molecule has 0 aliphatic carbocycles. The molecule has 0 unspecified atom stereocenters. The molecular formula is C49H33N3S. The van der Waals surface area contributed by atoms with Gasteiger partial charge in [0.15, 0.2) is 0 Å². The van der Waals surface area contributed by atoms with Crippen molar-refractivity contribution in [1.29, 1.82) is 0 Å². The van der Waals surface area contributed by atoms with E-state index in [2.05, 4.69) is 210 Å². The zero-order valence-corrected chi connectivity index (χ0v) is 29.6. The third kappa shape index (κ3) is 5.57. The molecule has 3 nitrogen and oxygen atoms in total. The summed E-state index contributed by atoms with van der Waals surface area (Å²) in [6, 6.07) is 71.4. The van der Waals surface area contributed by atoms with E-state index in [4.69, 9.17) is 4.98 Å². The standard InChI is InChI=1S/C49H33N3S/c1-4-18-37(19-5-1)51(38-20-6-2-7-21-38)40-24-14-17-36(32-40)49-50-47-44-30-29-42(33-46(44)43-25-12-13-26-45(43)48(47)53-49)52(39-22-8-3-9-23-39)41-28-27-34-15-10-11-16-35(34)31-41/h1-33H. The summed E-state index contributed by atoms with van der Waals surface area (Å²) in [5, 5.41) is 8.25. The molecular weight excluding hydrogens is 663 g/mol. The van der Waals surface area contributed by atoms with E-state index in [9.17, 15) is 0 Å². The molecule has 10 aromatic rings. The molecule has 0 aliphatic rings. The molecule has 0 aliphatic heterocycles. The Labute approximate surface area is 312 Å². The second-order valence-electron chi connectivity index (χ2n) is 13.2. The Balaban J connectivity index is 1.13. The third-order valence-corrected chi connectivity index (χ3v) is 11.1. The van der Waals surface area contributed by atoms with Gasteiger partial charge in [-0.15, -0.1) is 11.3 Å². The predicted octanol–water partition coefficient (Wildman–Crippen LogP) is 14.4. The first-order valence-electron chi connectivity index (χ1n) is 17.9. The summed E-state index contributed by atoms with van der Waals surface area (Å²) in [6.07, 6.45) is 0. The molecule has 4 heteroatoms. The summed E-state index contributed by atoms with van der Waals surface area (Å²) < 4.78 is 1.21. The number of fused-ring (bicyclic) bond motifs is 7. The van der Waals surface area contributed by atoms with Crippen LogP contribution < -0.4 is 9.80 Å². The SMILES string of the molecule is c1ccc(N(c2ccccc2)c2cccc(-c3nc4c5ccc(N(c6ccccc6)c6ccc7ccccc7c6)cc5c5ccccc5c4s3)c2)cc1. The summed E-state index contributed by atoms with van der Waals surface area (Å²) in [5.41, 5.74) is 8.79. The lowest BCUT2D eigenvalue weighted by Crippen LogP contribution is -2.09. The highest BCUT2D eigenvalue weighted by Crippen LogP contribution is 2.45. The van der Waals surface area contributed by atoms with Crippen molar-refractivity contribution in [2.24, 2.45) is 0 Å². The van der Waals surface area contributed by atoms with Crippen LogP contribution in [0.25, 0.3) is 53.1 Å². The Morgan fingerprint density at radius 2 is 0.868 bits per heavy atom. The predicted molar refractivity (Wildman–Crippen MR) is 227 cm³/mol. The van der Waals surface area contributed by atoms with E-state index in [1.165, 1.54) is 31.6 Å². The van der Waals surface area contributed by atoms with E-state index >= 15 is 0 Å². The van der Waals surface area contributed by atoms with Crippen molar-refractivity contribution in [1.82, 2.24) is 4.98 Å². The molecule has 53 heavy (non-hydrogen) atoms. The van der Waals surface area contributed by atoms with E-state index < -0.39 is 0 Å². The van der Waals surface area contributed by atoms with Gasteiger partial charge in [0, 0.05) is 50.5 Å². The van der Waals surface area contributed by atoms with Crippen LogP contribution in [0.3, 0.4) is 0 Å². The summed E-state index contributed by atoms with van der Waals surface area (Å²) in [7, 11) is 0. The summed E-state index contributed by atoms with van der Waals surface area (Å²) in [5.74, 6) is 0. The Hall–Kier alpha value is -6.75. The van der Waals surface area contributed by atoms with Gasteiger partial charge in [-0.1, -0.05) is 127 Å². The lowest BCUT2D eigenvalue weighted by molar-refractivity contribution is 1.28. The van der Waals surface area contributed by atoms with Crippen LogP contribution in [0.15, 0.2) is 200 Å².